The number of ketones is 2. The first-order valence-corrected chi connectivity index (χ1v) is 19.9. The molecule has 0 fully saturated rings. The van der Waals surface area contributed by atoms with Crippen LogP contribution in [0, 0.1) is 17.8 Å². The number of rotatable bonds is 29. The van der Waals surface area contributed by atoms with Gasteiger partial charge in [0.05, 0.1) is 18.1 Å². The van der Waals surface area contributed by atoms with Crippen molar-refractivity contribution in [3.05, 3.63) is 71.8 Å². The van der Waals surface area contributed by atoms with E-state index in [4.69, 9.17) is 22.9 Å². The molecule has 0 saturated carbocycles. The van der Waals surface area contributed by atoms with Gasteiger partial charge in [0.15, 0.2) is 11.6 Å². The second-order valence-electron chi connectivity index (χ2n) is 15.1. The molecule has 310 valence electrons. The Labute approximate surface area is 331 Å². The fraction of sp³-hybridized carbons (Fsp3) is 0.571. The van der Waals surface area contributed by atoms with Crippen molar-refractivity contribution in [2.45, 2.75) is 115 Å². The normalized spacial score (nSPS) is 14.5. The van der Waals surface area contributed by atoms with Gasteiger partial charge in [-0.05, 0) is 94.3 Å². The minimum absolute atomic E-state index is 0.0372. The van der Waals surface area contributed by atoms with Crippen molar-refractivity contribution in [1.82, 2.24) is 16.0 Å². The first-order chi connectivity index (χ1) is 26.7. The maximum Gasteiger partial charge on any atom is 0.326 e. The van der Waals surface area contributed by atoms with Crippen molar-refractivity contribution < 1.29 is 33.9 Å². The maximum atomic E-state index is 14.0. The Bertz CT molecular complexity index is 1510. The third-order valence-corrected chi connectivity index (χ3v) is 9.73. The highest BCUT2D eigenvalue weighted by atomic mass is 16.4. The van der Waals surface area contributed by atoms with E-state index in [1.165, 1.54) is 0 Å². The molecule has 6 atom stereocenters. The summed E-state index contributed by atoms with van der Waals surface area (Å²) in [6, 6.07) is 15.1. The number of benzene rings is 2. The van der Waals surface area contributed by atoms with Crippen LogP contribution in [-0.4, -0.2) is 84.2 Å². The fourth-order valence-corrected chi connectivity index (χ4v) is 6.47. The van der Waals surface area contributed by atoms with Crippen LogP contribution in [0.15, 0.2) is 60.7 Å². The smallest absolute Gasteiger partial charge is 0.326 e. The number of carboxylic acid groups (broad SMARTS) is 1. The number of amides is 3. The van der Waals surface area contributed by atoms with Crippen LogP contribution in [0.5, 0.6) is 0 Å². The summed E-state index contributed by atoms with van der Waals surface area (Å²) in [5, 5.41) is 17.9. The van der Waals surface area contributed by atoms with Gasteiger partial charge in [-0.15, -0.1) is 0 Å². The number of hydrogen-bond acceptors (Lipinski definition) is 10. The number of carbonyl (C=O) groups is 6. The molecule has 2 aromatic carbocycles. The summed E-state index contributed by atoms with van der Waals surface area (Å²) in [5.74, 6) is -4.47. The lowest BCUT2D eigenvalue weighted by atomic mass is 9.88. The van der Waals surface area contributed by atoms with E-state index in [-0.39, 0.29) is 55.6 Å². The molecule has 56 heavy (non-hydrogen) atoms. The van der Waals surface area contributed by atoms with Gasteiger partial charge in [0, 0.05) is 31.2 Å². The number of nitrogens with two attached hydrogens (primary N) is 4. The standard InChI is InChI=1S/C42H65N7O7/c1-28(2)23-36(49-40(53)32(24-29-13-5-3-6-14-29)27-37(50)34(46)25-30-15-7-4-8-16-30)38(51)26-31(17-11-20-43)39(52)47-22-10-9-19-35(42(55)56)48-41(54)33(45)18-12-21-44/h3-8,13-16,28,31-36H,9-12,17-27,43-46H2,1-2H3,(H,47,52)(H,48,54)(H,49,53)(H,55,56)/t31-,32-,33+,34+,35?,36+/m0/s1. The molecule has 0 aromatic heterocycles. The van der Waals surface area contributed by atoms with Gasteiger partial charge in [-0.3, -0.25) is 24.0 Å². The fourth-order valence-electron chi connectivity index (χ4n) is 6.47. The van der Waals surface area contributed by atoms with Gasteiger partial charge in [-0.25, -0.2) is 4.79 Å². The number of nitrogens with one attached hydrogen (secondary N) is 3. The van der Waals surface area contributed by atoms with Gasteiger partial charge in [0.2, 0.25) is 17.7 Å². The van der Waals surface area contributed by atoms with Crippen LogP contribution >= 0.6 is 0 Å². The molecule has 3 amide bonds. The molecule has 0 aliphatic rings. The van der Waals surface area contributed by atoms with Gasteiger partial charge >= 0.3 is 5.97 Å². The van der Waals surface area contributed by atoms with Crippen LogP contribution in [0.2, 0.25) is 0 Å². The van der Waals surface area contributed by atoms with E-state index in [0.717, 1.165) is 11.1 Å². The highest BCUT2D eigenvalue weighted by Crippen LogP contribution is 2.20. The Hall–Kier alpha value is -4.50. The molecular formula is C42H65N7O7. The van der Waals surface area contributed by atoms with E-state index in [2.05, 4.69) is 16.0 Å². The average Bonchev–Trinajstić information content (AvgIpc) is 3.17. The molecule has 2 rings (SSSR count). The van der Waals surface area contributed by atoms with Crippen LogP contribution in [0.25, 0.3) is 0 Å². The van der Waals surface area contributed by atoms with Crippen molar-refractivity contribution >= 4 is 35.3 Å². The summed E-state index contributed by atoms with van der Waals surface area (Å²) in [7, 11) is 0. The van der Waals surface area contributed by atoms with E-state index in [1.807, 2.05) is 74.5 Å². The lowest BCUT2D eigenvalue weighted by Crippen LogP contribution is -2.48. The van der Waals surface area contributed by atoms with Crippen molar-refractivity contribution in [2.24, 2.45) is 40.7 Å². The predicted octanol–water partition coefficient (Wildman–Crippen LogP) is 2.14. The Morgan fingerprint density at radius 3 is 1.73 bits per heavy atom. The first-order valence-electron chi connectivity index (χ1n) is 19.9. The number of Topliss-reactive ketones (excluding diaryl/α,β-unsaturated/α-hetero) is 2. The molecule has 0 spiro atoms. The first kappa shape index (κ1) is 47.7. The van der Waals surface area contributed by atoms with E-state index >= 15 is 0 Å². The van der Waals surface area contributed by atoms with Gasteiger partial charge in [0.1, 0.15) is 6.04 Å². The molecule has 0 aliphatic heterocycles. The zero-order valence-corrected chi connectivity index (χ0v) is 33.1. The highest BCUT2D eigenvalue weighted by molar-refractivity contribution is 5.95. The average molecular weight is 780 g/mol. The van der Waals surface area contributed by atoms with Crippen molar-refractivity contribution in [2.75, 3.05) is 19.6 Å². The minimum atomic E-state index is -1.18. The van der Waals surface area contributed by atoms with Crippen LogP contribution in [0.3, 0.4) is 0 Å². The Kier molecular flexibility index (Phi) is 22.4. The van der Waals surface area contributed by atoms with Gasteiger partial charge in [0.25, 0.3) is 0 Å². The summed E-state index contributed by atoms with van der Waals surface area (Å²) in [6.45, 7) is 4.81. The molecular weight excluding hydrogens is 715 g/mol. The second kappa shape index (κ2) is 26.4. The SMILES string of the molecule is CC(C)C[C@@H](NC(=O)[C@H](CC(=O)[C@H](N)Cc1ccccc1)Cc1ccccc1)C(=O)C[C@H](CCCN)C(=O)NCCCCC(NC(=O)[C@H](N)CCCN)C(=O)O. The molecule has 14 heteroatoms. The summed E-state index contributed by atoms with van der Waals surface area (Å²) in [5.41, 5.74) is 25.2. The summed E-state index contributed by atoms with van der Waals surface area (Å²) in [4.78, 5) is 78.7. The Morgan fingerprint density at radius 2 is 1.16 bits per heavy atom. The van der Waals surface area contributed by atoms with Crippen LogP contribution in [0.4, 0.5) is 0 Å². The molecule has 0 aliphatic carbocycles. The lowest BCUT2D eigenvalue weighted by Gasteiger charge is -2.25. The van der Waals surface area contributed by atoms with Crippen molar-refractivity contribution in [3.8, 4) is 0 Å². The number of unbranched alkanes of at least 4 members (excludes halogenated alkanes) is 1. The third-order valence-electron chi connectivity index (χ3n) is 9.73. The summed E-state index contributed by atoms with van der Waals surface area (Å²) < 4.78 is 0. The molecule has 1 unspecified atom stereocenters. The van der Waals surface area contributed by atoms with E-state index in [0.29, 0.717) is 64.5 Å². The molecule has 0 bridgehead atoms. The van der Waals surface area contributed by atoms with Gasteiger partial charge in [-0.2, -0.15) is 0 Å². The maximum absolute atomic E-state index is 14.0. The van der Waals surface area contributed by atoms with Crippen LogP contribution in [-0.2, 0) is 41.6 Å². The zero-order valence-electron chi connectivity index (χ0n) is 33.1. The third kappa shape index (κ3) is 18.4. The Balaban J connectivity index is 2.08. The van der Waals surface area contributed by atoms with Crippen molar-refractivity contribution in [3.63, 3.8) is 0 Å². The summed E-state index contributed by atoms with van der Waals surface area (Å²) >= 11 is 0. The molecule has 14 nitrogen and oxygen atoms in total. The highest BCUT2D eigenvalue weighted by Gasteiger charge is 2.32. The van der Waals surface area contributed by atoms with Crippen LogP contribution in [0.1, 0.15) is 89.2 Å². The number of carboxylic acids is 1. The molecule has 0 heterocycles. The molecule has 0 radical (unpaired) electrons. The zero-order chi connectivity index (χ0) is 41.5. The molecule has 2 aromatic rings. The predicted molar refractivity (Wildman–Crippen MR) is 217 cm³/mol. The van der Waals surface area contributed by atoms with Crippen molar-refractivity contribution in [1.29, 1.82) is 0 Å². The minimum Gasteiger partial charge on any atom is -0.480 e. The second-order valence-corrected chi connectivity index (χ2v) is 15.1. The van der Waals surface area contributed by atoms with E-state index < -0.39 is 53.8 Å². The molecule has 12 N–H and O–H groups in total. The monoisotopic (exact) mass is 779 g/mol. The lowest BCUT2D eigenvalue weighted by molar-refractivity contribution is -0.142. The van der Waals surface area contributed by atoms with Gasteiger partial charge in [-0.1, -0.05) is 74.5 Å². The van der Waals surface area contributed by atoms with E-state index in [1.54, 1.807) is 0 Å². The summed E-state index contributed by atoms with van der Waals surface area (Å²) in [6.07, 6.45) is 3.47. The molecule has 0 saturated heterocycles. The number of carbonyl (C=O) groups excluding carboxylic acids is 5. The number of hydrogen-bond donors (Lipinski definition) is 8. The van der Waals surface area contributed by atoms with Crippen LogP contribution < -0.4 is 38.9 Å². The Morgan fingerprint density at radius 1 is 0.607 bits per heavy atom. The van der Waals surface area contributed by atoms with E-state index in [9.17, 15) is 33.9 Å². The topological polar surface area (TPSA) is 263 Å². The van der Waals surface area contributed by atoms with Gasteiger partial charge < -0.3 is 44.0 Å². The quantitative estimate of drug-likeness (QED) is 0.0555. The largest absolute Gasteiger partial charge is 0.480 e. The number of aliphatic carboxylic acids is 1.